The molecule has 0 saturated heterocycles. The minimum atomic E-state index is -0.614. The zero-order valence-corrected chi connectivity index (χ0v) is 21.3. The number of aromatic nitrogens is 3. The average Bonchev–Trinajstić information content (AvgIpc) is 3.16. The van der Waals surface area contributed by atoms with Crippen LogP contribution in [0.15, 0.2) is 12.3 Å². The third kappa shape index (κ3) is 7.82. The van der Waals surface area contributed by atoms with E-state index in [0.29, 0.717) is 29.9 Å². The molecule has 0 aromatic carbocycles. The van der Waals surface area contributed by atoms with E-state index in [0.717, 1.165) is 5.13 Å². The molecule has 0 atom stereocenters. The van der Waals surface area contributed by atoms with Crippen molar-refractivity contribution in [3.63, 3.8) is 0 Å². The fraction of sp³-hybridized carbons (Fsp3) is 0.609. The highest BCUT2D eigenvalue weighted by atomic mass is 32.1. The highest BCUT2D eigenvalue weighted by Gasteiger charge is 2.22. The van der Waals surface area contributed by atoms with E-state index in [9.17, 15) is 9.59 Å². The minimum Gasteiger partial charge on any atom is -0.476 e. The summed E-state index contributed by atoms with van der Waals surface area (Å²) in [5.41, 5.74) is -0.614. The van der Waals surface area contributed by atoms with Gasteiger partial charge >= 0.3 is 6.09 Å². The van der Waals surface area contributed by atoms with Gasteiger partial charge in [-0.05, 0) is 39.5 Å². The predicted octanol–water partition coefficient (Wildman–Crippen LogP) is 3.87. The number of rotatable bonds is 10. The van der Waals surface area contributed by atoms with Crippen molar-refractivity contribution in [1.29, 1.82) is 0 Å². The summed E-state index contributed by atoms with van der Waals surface area (Å²) < 4.78 is 11.0. The van der Waals surface area contributed by atoms with Crippen LogP contribution < -0.4 is 15.4 Å². The molecule has 0 radical (unpaired) electrons. The number of carbonyl (C=O) groups excluding carboxylic acids is 2. The number of amides is 2. The Morgan fingerprint density at radius 2 is 2.03 bits per heavy atom. The van der Waals surface area contributed by atoms with Crippen molar-refractivity contribution in [3.05, 3.63) is 23.0 Å². The second kappa shape index (κ2) is 11.5. The van der Waals surface area contributed by atoms with Crippen molar-refractivity contribution >= 4 is 34.3 Å². The standard InChI is InChI=1S/C23H34N6O4S/c1-6-17-26-18(28-21-25-13-16(34-21)15-8-7-9-15)12-20(27-17)32-11-10-24-19(30)14-29(5)22(31)33-23(2,3)4/h12-13,15H,6-11,14H2,1-5H3,(H,24,30)(H,25,26,27,28). The van der Waals surface area contributed by atoms with Crippen molar-refractivity contribution in [2.45, 2.75) is 64.9 Å². The van der Waals surface area contributed by atoms with Crippen molar-refractivity contribution < 1.29 is 19.1 Å². The van der Waals surface area contributed by atoms with Gasteiger partial charge in [-0.25, -0.2) is 14.8 Å². The van der Waals surface area contributed by atoms with Crippen LogP contribution in [0.4, 0.5) is 15.7 Å². The smallest absolute Gasteiger partial charge is 0.410 e. The number of carbonyl (C=O) groups is 2. The maximum atomic E-state index is 12.1. The largest absolute Gasteiger partial charge is 0.476 e. The molecule has 2 N–H and O–H groups in total. The summed E-state index contributed by atoms with van der Waals surface area (Å²) in [4.78, 5) is 40.0. The molecule has 2 aromatic rings. The zero-order valence-electron chi connectivity index (χ0n) is 20.5. The lowest BCUT2D eigenvalue weighted by Gasteiger charge is -2.24. The summed E-state index contributed by atoms with van der Waals surface area (Å²) in [5, 5.41) is 6.79. The predicted molar refractivity (Wildman–Crippen MR) is 131 cm³/mol. The summed E-state index contributed by atoms with van der Waals surface area (Å²) >= 11 is 1.66. The van der Waals surface area contributed by atoms with Crippen LogP contribution in [0.3, 0.4) is 0 Å². The molecular formula is C23H34N6O4S. The van der Waals surface area contributed by atoms with Gasteiger partial charge in [0.05, 0.1) is 6.54 Å². The Bertz CT molecular complexity index is 986. The molecule has 1 fully saturated rings. The Hall–Kier alpha value is -2.95. The maximum absolute atomic E-state index is 12.1. The van der Waals surface area contributed by atoms with Crippen LogP contribution in [0.25, 0.3) is 0 Å². The second-order valence-corrected chi connectivity index (χ2v) is 10.3. The number of ether oxygens (including phenoxy) is 2. The van der Waals surface area contributed by atoms with E-state index >= 15 is 0 Å². The first-order chi connectivity index (χ1) is 16.1. The fourth-order valence-electron chi connectivity index (χ4n) is 3.13. The number of nitrogens with zero attached hydrogens (tertiary/aromatic N) is 4. The highest BCUT2D eigenvalue weighted by molar-refractivity contribution is 7.15. The first-order valence-corrected chi connectivity index (χ1v) is 12.4. The van der Waals surface area contributed by atoms with E-state index in [1.807, 2.05) is 13.1 Å². The molecule has 2 heterocycles. The van der Waals surface area contributed by atoms with Crippen molar-refractivity contribution in [2.75, 3.05) is 32.1 Å². The number of anilines is 2. The number of hydrogen-bond donors (Lipinski definition) is 2. The summed E-state index contributed by atoms with van der Waals surface area (Å²) in [6, 6.07) is 1.72. The van der Waals surface area contributed by atoms with E-state index in [4.69, 9.17) is 9.47 Å². The lowest BCUT2D eigenvalue weighted by Crippen LogP contribution is -2.41. The SMILES string of the molecule is CCc1nc(Nc2ncc(C3CCC3)s2)cc(OCCNC(=O)CN(C)C(=O)OC(C)(C)C)n1. The Kier molecular flexibility index (Phi) is 8.65. The fourth-order valence-corrected chi connectivity index (χ4v) is 4.12. The van der Waals surface area contributed by atoms with Gasteiger partial charge in [0.25, 0.3) is 0 Å². The molecule has 0 spiro atoms. The summed E-state index contributed by atoms with van der Waals surface area (Å²) in [6.45, 7) is 7.69. The molecular weight excluding hydrogens is 456 g/mol. The van der Waals surface area contributed by atoms with Gasteiger partial charge in [0, 0.05) is 30.6 Å². The van der Waals surface area contributed by atoms with E-state index in [-0.39, 0.29) is 25.6 Å². The first-order valence-electron chi connectivity index (χ1n) is 11.6. The molecule has 1 aliphatic carbocycles. The molecule has 11 heteroatoms. The number of likely N-dealkylation sites (N-methyl/N-ethyl adjacent to an activating group) is 1. The molecule has 10 nitrogen and oxygen atoms in total. The van der Waals surface area contributed by atoms with E-state index in [2.05, 4.69) is 25.6 Å². The molecule has 0 unspecified atom stereocenters. The van der Waals surface area contributed by atoms with Crippen molar-refractivity contribution in [2.24, 2.45) is 0 Å². The Morgan fingerprint density at radius 3 is 2.68 bits per heavy atom. The van der Waals surface area contributed by atoms with Crippen molar-refractivity contribution in [1.82, 2.24) is 25.2 Å². The van der Waals surface area contributed by atoms with E-state index < -0.39 is 11.7 Å². The lowest BCUT2D eigenvalue weighted by atomic mass is 9.85. The number of hydrogen-bond acceptors (Lipinski definition) is 9. The lowest BCUT2D eigenvalue weighted by molar-refractivity contribution is -0.122. The van der Waals surface area contributed by atoms with Gasteiger partial charge in [-0.3, -0.25) is 4.79 Å². The van der Waals surface area contributed by atoms with E-state index in [1.165, 1.54) is 36.1 Å². The first kappa shape index (κ1) is 25.7. The second-order valence-electron chi connectivity index (χ2n) is 9.22. The van der Waals surface area contributed by atoms with Crippen LogP contribution in [0.1, 0.15) is 63.6 Å². The number of thiazole rings is 1. The molecule has 34 heavy (non-hydrogen) atoms. The molecule has 186 valence electrons. The summed E-state index contributed by atoms with van der Waals surface area (Å²) in [5.74, 6) is 2.04. The van der Waals surface area contributed by atoms with Crippen LogP contribution in [0.2, 0.25) is 0 Å². The summed E-state index contributed by atoms with van der Waals surface area (Å²) in [6.07, 6.45) is 5.82. The molecule has 1 saturated carbocycles. The Morgan fingerprint density at radius 1 is 1.26 bits per heavy atom. The average molecular weight is 491 g/mol. The Labute approximate surface area is 204 Å². The van der Waals surface area contributed by atoms with Crippen LogP contribution in [0, 0.1) is 0 Å². The quantitative estimate of drug-likeness (QED) is 0.482. The van der Waals surface area contributed by atoms with E-state index in [1.54, 1.807) is 38.2 Å². The van der Waals surface area contributed by atoms with Crippen molar-refractivity contribution in [3.8, 4) is 5.88 Å². The van der Waals surface area contributed by atoms with Crippen LogP contribution in [0.5, 0.6) is 5.88 Å². The zero-order chi connectivity index (χ0) is 24.7. The third-order valence-corrected chi connectivity index (χ3v) is 6.17. The van der Waals surface area contributed by atoms with Crippen LogP contribution in [-0.4, -0.2) is 64.2 Å². The van der Waals surface area contributed by atoms with Crippen LogP contribution in [-0.2, 0) is 16.0 Å². The topological polar surface area (TPSA) is 119 Å². The third-order valence-electron chi connectivity index (χ3n) is 5.09. The Balaban J connectivity index is 1.46. The molecule has 2 aromatic heterocycles. The minimum absolute atomic E-state index is 0.104. The van der Waals surface area contributed by atoms with Gasteiger partial charge < -0.3 is 25.0 Å². The van der Waals surface area contributed by atoms with Gasteiger partial charge in [-0.2, -0.15) is 4.98 Å². The summed E-state index contributed by atoms with van der Waals surface area (Å²) in [7, 11) is 1.52. The maximum Gasteiger partial charge on any atom is 0.410 e. The van der Waals surface area contributed by atoms with Gasteiger partial charge in [0.2, 0.25) is 11.8 Å². The molecule has 2 amide bonds. The monoisotopic (exact) mass is 490 g/mol. The number of nitrogens with one attached hydrogen (secondary N) is 2. The molecule has 0 aliphatic heterocycles. The molecule has 1 aliphatic rings. The van der Waals surface area contributed by atoms with Crippen LogP contribution >= 0.6 is 11.3 Å². The van der Waals surface area contributed by atoms with Gasteiger partial charge in [0.1, 0.15) is 30.4 Å². The molecule has 3 rings (SSSR count). The highest BCUT2D eigenvalue weighted by Crippen LogP contribution is 2.40. The number of aryl methyl sites for hydroxylation is 1. The van der Waals surface area contributed by atoms with Gasteiger partial charge in [-0.15, -0.1) is 11.3 Å². The van der Waals surface area contributed by atoms with Gasteiger partial charge in [0.15, 0.2) is 5.13 Å². The normalized spacial score (nSPS) is 13.7. The van der Waals surface area contributed by atoms with Gasteiger partial charge in [-0.1, -0.05) is 13.3 Å². The molecule has 0 bridgehead atoms.